The van der Waals surface area contributed by atoms with Crippen molar-refractivity contribution in [1.82, 2.24) is 9.88 Å². The van der Waals surface area contributed by atoms with Crippen molar-refractivity contribution in [3.05, 3.63) is 34.2 Å². The molecule has 0 spiro atoms. The Morgan fingerprint density at radius 3 is 2.65 bits per heavy atom. The summed E-state index contributed by atoms with van der Waals surface area (Å²) >= 11 is 0. The van der Waals surface area contributed by atoms with Crippen molar-refractivity contribution in [3.63, 3.8) is 0 Å². The van der Waals surface area contributed by atoms with Crippen LogP contribution in [0, 0.1) is 6.92 Å². The lowest BCUT2D eigenvalue weighted by atomic mass is 10.3. The Kier molecular flexibility index (Phi) is 3.93. The average molecular weight is 248 g/mol. The molecule has 1 amide bonds. The number of hydrogen-bond acceptors (Lipinski definition) is 2. The molecule has 0 radical (unpaired) electrons. The minimum atomic E-state index is -4.45. The summed E-state index contributed by atoms with van der Waals surface area (Å²) in [5.74, 6) is -0.853. The molecule has 0 unspecified atom stereocenters. The van der Waals surface area contributed by atoms with Crippen molar-refractivity contribution in [2.24, 2.45) is 0 Å². The second kappa shape index (κ2) is 5.03. The first-order valence-corrected chi connectivity index (χ1v) is 4.78. The fourth-order valence-corrected chi connectivity index (χ4v) is 1.15. The zero-order valence-electron chi connectivity index (χ0n) is 9.04. The van der Waals surface area contributed by atoms with Crippen molar-refractivity contribution >= 4 is 5.91 Å². The topological polar surface area (TPSA) is 51.1 Å². The highest BCUT2D eigenvalue weighted by molar-refractivity contribution is 5.75. The summed E-state index contributed by atoms with van der Waals surface area (Å²) in [4.78, 5) is 22.5. The van der Waals surface area contributed by atoms with Crippen LogP contribution < -0.4 is 10.9 Å². The van der Waals surface area contributed by atoms with Gasteiger partial charge in [-0.3, -0.25) is 9.59 Å². The van der Waals surface area contributed by atoms with Crippen LogP contribution in [-0.2, 0) is 11.3 Å². The Bertz CT molecular complexity index is 465. The quantitative estimate of drug-likeness (QED) is 0.861. The van der Waals surface area contributed by atoms with E-state index in [1.165, 1.54) is 12.3 Å². The number of hydrogen-bond donors (Lipinski definition) is 1. The van der Waals surface area contributed by atoms with E-state index in [1.807, 2.05) is 0 Å². The summed E-state index contributed by atoms with van der Waals surface area (Å²) in [7, 11) is 0. The molecule has 1 aromatic heterocycles. The molecule has 0 aromatic carbocycles. The summed E-state index contributed by atoms with van der Waals surface area (Å²) in [6.07, 6.45) is -3.08. The van der Waals surface area contributed by atoms with Gasteiger partial charge in [0.2, 0.25) is 5.91 Å². The normalized spacial score (nSPS) is 11.3. The van der Waals surface area contributed by atoms with E-state index in [-0.39, 0.29) is 0 Å². The van der Waals surface area contributed by atoms with Gasteiger partial charge in [0, 0.05) is 12.3 Å². The Labute approximate surface area is 95.1 Å². The number of halogens is 3. The third-order valence-corrected chi connectivity index (χ3v) is 1.95. The number of nitrogens with one attached hydrogen (secondary N) is 1. The molecule has 0 saturated heterocycles. The second-order valence-corrected chi connectivity index (χ2v) is 3.56. The second-order valence-electron chi connectivity index (χ2n) is 3.56. The molecule has 0 saturated carbocycles. The van der Waals surface area contributed by atoms with Crippen molar-refractivity contribution in [2.75, 3.05) is 6.54 Å². The molecule has 0 aliphatic heterocycles. The van der Waals surface area contributed by atoms with Crippen LogP contribution in [0.25, 0.3) is 0 Å². The molecule has 0 aliphatic rings. The van der Waals surface area contributed by atoms with Crippen LogP contribution in [0.4, 0.5) is 13.2 Å². The molecule has 1 N–H and O–H groups in total. The van der Waals surface area contributed by atoms with Gasteiger partial charge in [-0.1, -0.05) is 0 Å². The number of aromatic nitrogens is 1. The van der Waals surface area contributed by atoms with Gasteiger partial charge in [0.1, 0.15) is 13.1 Å². The van der Waals surface area contributed by atoms with Crippen molar-refractivity contribution < 1.29 is 18.0 Å². The van der Waals surface area contributed by atoms with Crippen molar-refractivity contribution in [2.45, 2.75) is 19.6 Å². The van der Waals surface area contributed by atoms with Gasteiger partial charge >= 0.3 is 6.18 Å². The van der Waals surface area contributed by atoms with Crippen LogP contribution in [-0.4, -0.2) is 23.2 Å². The van der Waals surface area contributed by atoms with E-state index in [1.54, 1.807) is 18.3 Å². The number of nitrogens with zero attached hydrogens (tertiary/aromatic N) is 1. The lowest BCUT2D eigenvalue weighted by molar-refractivity contribution is -0.138. The van der Waals surface area contributed by atoms with E-state index in [0.717, 1.165) is 10.1 Å². The van der Waals surface area contributed by atoms with Crippen LogP contribution in [0.5, 0.6) is 0 Å². The van der Waals surface area contributed by atoms with E-state index in [9.17, 15) is 22.8 Å². The van der Waals surface area contributed by atoms with Gasteiger partial charge in [-0.15, -0.1) is 0 Å². The number of carbonyl (C=O) groups is 1. The Morgan fingerprint density at radius 2 is 2.12 bits per heavy atom. The standard InChI is InChI=1S/C10H11F3N2O2/c1-7-2-3-15(9(17)4-7)5-8(16)14-6-10(11,12)13/h2-4H,5-6H2,1H3,(H,14,16). The smallest absolute Gasteiger partial charge is 0.345 e. The van der Waals surface area contributed by atoms with E-state index in [0.29, 0.717) is 0 Å². The molecule has 1 rings (SSSR count). The molecule has 0 atom stereocenters. The van der Waals surface area contributed by atoms with E-state index in [4.69, 9.17) is 0 Å². The van der Waals surface area contributed by atoms with Gasteiger partial charge in [0.05, 0.1) is 0 Å². The number of aryl methyl sites for hydroxylation is 1. The molecule has 4 nitrogen and oxygen atoms in total. The van der Waals surface area contributed by atoms with E-state index < -0.39 is 30.7 Å². The van der Waals surface area contributed by atoms with E-state index in [2.05, 4.69) is 0 Å². The molecule has 1 heterocycles. The van der Waals surface area contributed by atoms with Gasteiger partial charge in [-0.05, 0) is 18.6 Å². The summed E-state index contributed by atoms with van der Waals surface area (Å²) < 4.78 is 36.5. The molecule has 0 fully saturated rings. The number of rotatable bonds is 3. The highest BCUT2D eigenvalue weighted by atomic mass is 19.4. The molecule has 7 heteroatoms. The fraction of sp³-hybridized carbons (Fsp3) is 0.400. The Morgan fingerprint density at radius 1 is 1.47 bits per heavy atom. The summed E-state index contributed by atoms with van der Waals surface area (Å²) in [6.45, 7) is -0.114. The molecule has 94 valence electrons. The summed E-state index contributed by atoms with van der Waals surface area (Å²) in [5, 5.41) is 1.69. The minimum absolute atomic E-state index is 0.421. The van der Waals surface area contributed by atoms with Crippen LogP contribution in [0.15, 0.2) is 23.1 Å². The number of alkyl halides is 3. The first-order chi connectivity index (χ1) is 7.78. The largest absolute Gasteiger partial charge is 0.405 e. The molecule has 0 aliphatic carbocycles. The predicted octanol–water partition coefficient (Wildman–Crippen LogP) is 0.835. The Hall–Kier alpha value is -1.79. The lowest BCUT2D eigenvalue weighted by Crippen LogP contribution is -2.37. The monoisotopic (exact) mass is 248 g/mol. The molecule has 17 heavy (non-hydrogen) atoms. The number of carbonyl (C=O) groups excluding carboxylic acids is 1. The summed E-state index contributed by atoms with van der Waals surface area (Å²) in [6, 6.07) is 2.90. The molecule has 1 aromatic rings. The van der Waals surface area contributed by atoms with Gasteiger partial charge < -0.3 is 9.88 Å². The van der Waals surface area contributed by atoms with Gasteiger partial charge in [-0.25, -0.2) is 0 Å². The van der Waals surface area contributed by atoms with E-state index >= 15 is 0 Å². The maximum atomic E-state index is 11.8. The highest BCUT2D eigenvalue weighted by Gasteiger charge is 2.27. The van der Waals surface area contributed by atoms with Gasteiger partial charge in [0.25, 0.3) is 5.56 Å². The van der Waals surface area contributed by atoms with Gasteiger partial charge in [-0.2, -0.15) is 13.2 Å². The lowest BCUT2D eigenvalue weighted by Gasteiger charge is -2.09. The highest BCUT2D eigenvalue weighted by Crippen LogP contribution is 2.11. The first kappa shape index (κ1) is 13.3. The molecular weight excluding hydrogens is 237 g/mol. The third-order valence-electron chi connectivity index (χ3n) is 1.95. The zero-order valence-corrected chi connectivity index (χ0v) is 9.04. The maximum absolute atomic E-state index is 11.8. The van der Waals surface area contributed by atoms with Crippen LogP contribution >= 0.6 is 0 Å². The SMILES string of the molecule is Cc1ccn(CC(=O)NCC(F)(F)F)c(=O)c1. The minimum Gasteiger partial charge on any atom is -0.345 e. The van der Waals surface area contributed by atoms with Crippen molar-refractivity contribution in [1.29, 1.82) is 0 Å². The van der Waals surface area contributed by atoms with Crippen LogP contribution in [0.3, 0.4) is 0 Å². The predicted molar refractivity (Wildman–Crippen MR) is 54.5 cm³/mol. The third kappa shape index (κ3) is 4.71. The van der Waals surface area contributed by atoms with Crippen LogP contribution in [0.1, 0.15) is 5.56 Å². The molecular formula is C10H11F3N2O2. The average Bonchev–Trinajstić information content (AvgIpc) is 2.18. The number of amides is 1. The molecule has 0 bridgehead atoms. The Balaban J connectivity index is 2.60. The first-order valence-electron chi connectivity index (χ1n) is 4.78. The summed E-state index contributed by atoms with van der Waals surface area (Å²) in [5.41, 5.74) is 0.300. The zero-order chi connectivity index (χ0) is 13.1. The van der Waals surface area contributed by atoms with Crippen LogP contribution in [0.2, 0.25) is 0 Å². The fourth-order valence-electron chi connectivity index (χ4n) is 1.15. The van der Waals surface area contributed by atoms with Gasteiger partial charge in [0.15, 0.2) is 0 Å². The maximum Gasteiger partial charge on any atom is 0.405 e. The number of pyridine rings is 1. The van der Waals surface area contributed by atoms with Crippen molar-refractivity contribution in [3.8, 4) is 0 Å².